The van der Waals surface area contributed by atoms with Gasteiger partial charge in [0.05, 0.1) is 12.6 Å². The fraction of sp³-hybridized carbons (Fsp3) is 0.409. The minimum Gasteiger partial charge on any atom is -0.445 e. The Kier molecular flexibility index (Phi) is 5.78. The largest absolute Gasteiger partial charge is 0.445 e. The molecule has 152 valence electrons. The van der Waals surface area contributed by atoms with E-state index in [0.717, 1.165) is 28.4 Å². The number of carbonyl (C=O) groups is 1. The summed E-state index contributed by atoms with van der Waals surface area (Å²) in [7, 11) is 0. The maximum Gasteiger partial charge on any atom is 0.273 e. The molecule has 4 rings (SSSR count). The molecule has 2 N–H and O–H groups in total. The van der Waals surface area contributed by atoms with E-state index in [4.69, 9.17) is 10.2 Å². The van der Waals surface area contributed by atoms with Gasteiger partial charge in [0.1, 0.15) is 22.2 Å². The van der Waals surface area contributed by atoms with E-state index in [1.54, 1.807) is 4.90 Å². The highest BCUT2D eigenvalue weighted by Crippen LogP contribution is 2.25. The first-order valence-corrected chi connectivity index (χ1v) is 10.9. The third kappa shape index (κ3) is 4.57. The molecular weight excluding hydrogens is 384 g/mol. The van der Waals surface area contributed by atoms with Crippen molar-refractivity contribution >= 4 is 17.2 Å². The molecule has 6 nitrogen and oxygen atoms in total. The Labute approximate surface area is 174 Å². The minimum atomic E-state index is -0.120. The molecule has 0 unspecified atom stereocenters. The molecule has 1 aromatic carbocycles. The van der Waals surface area contributed by atoms with Crippen LogP contribution in [0.25, 0.3) is 0 Å². The molecule has 7 heteroatoms. The highest BCUT2D eigenvalue weighted by molar-refractivity contribution is 7.09. The molecule has 0 radical (unpaired) electrons. The van der Waals surface area contributed by atoms with E-state index in [9.17, 15) is 4.79 Å². The van der Waals surface area contributed by atoms with Gasteiger partial charge in [-0.1, -0.05) is 44.2 Å². The van der Waals surface area contributed by atoms with Crippen molar-refractivity contribution in [2.75, 3.05) is 6.54 Å². The number of aromatic nitrogens is 2. The number of fused-ring (bicyclic) bond motifs is 1. The fourth-order valence-electron chi connectivity index (χ4n) is 3.60. The van der Waals surface area contributed by atoms with Gasteiger partial charge in [0, 0.05) is 24.8 Å². The number of rotatable bonds is 6. The van der Waals surface area contributed by atoms with Crippen molar-refractivity contribution in [2.24, 2.45) is 11.7 Å². The topological polar surface area (TPSA) is 85.2 Å². The van der Waals surface area contributed by atoms with E-state index < -0.39 is 0 Å². The van der Waals surface area contributed by atoms with E-state index in [1.165, 1.54) is 11.3 Å². The number of benzene rings is 1. The van der Waals surface area contributed by atoms with Crippen molar-refractivity contribution < 1.29 is 9.21 Å². The smallest absolute Gasteiger partial charge is 0.273 e. The standard InChI is InChI=1S/C22H26N4O2S/c1-14(2)10-16(23)21-25-18(13-29-21)22(27)26-9-8-19-17(12-26)24-20(28-19)11-15-6-4-3-5-7-15/h3-7,13-14,16H,8-12,23H2,1-2H3/t16-/m0/s1. The zero-order chi connectivity index (χ0) is 20.4. The van der Waals surface area contributed by atoms with Crippen LogP contribution in [0.15, 0.2) is 40.1 Å². The summed E-state index contributed by atoms with van der Waals surface area (Å²) in [6, 6.07) is 10.0. The lowest BCUT2D eigenvalue weighted by Crippen LogP contribution is -2.36. The summed E-state index contributed by atoms with van der Waals surface area (Å²) >= 11 is 1.47. The zero-order valence-corrected chi connectivity index (χ0v) is 17.6. The Balaban J connectivity index is 1.43. The third-order valence-electron chi connectivity index (χ3n) is 5.04. The summed E-state index contributed by atoms with van der Waals surface area (Å²) in [6.07, 6.45) is 2.19. The van der Waals surface area contributed by atoms with Crippen LogP contribution in [0.4, 0.5) is 0 Å². The molecule has 0 bridgehead atoms. The Hall–Kier alpha value is -2.51. The van der Waals surface area contributed by atoms with Crippen molar-refractivity contribution in [1.82, 2.24) is 14.9 Å². The Morgan fingerprint density at radius 3 is 2.83 bits per heavy atom. The first kappa shape index (κ1) is 19.8. The molecule has 1 aliphatic heterocycles. The van der Waals surface area contributed by atoms with Gasteiger partial charge in [-0.3, -0.25) is 4.79 Å². The monoisotopic (exact) mass is 410 g/mol. The Morgan fingerprint density at radius 1 is 1.28 bits per heavy atom. The molecule has 0 aliphatic carbocycles. The second-order valence-corrected chi connectivity index (χ2v) is 8.81. The van der Waals surface area contributed by atoms with Crippen LogP contribution in [-0.2, 0) is 19.4 Å². The van der Waals surface area contributed by atoms with Gasteiger partial charge in [0.25, 0.3) is 5.91 Å². The maximum absolute atomic E-state index is 12.9. The highest BCUT2D eigenvalue weighted by atomic mass is 32.1. The molecule has 1 amide bonds. The van der Waals surface area contributed by atoms with Gasteiger partial charge >= 0.3 is 0 Å². The second kappa shape index (κ2) is 8.47. The zero-order valence-electron chi connectivity index (χ0n) is 16.8. The molecule has 0 saturated heterocycles. The van der Waals surface area contributed by atoms with E-state index in [-0.39, 0.29) is 11.9 Å². The first-order chi connectivity index (χ1) is 14.0. The van der Waals surface area contributed by atoms with Gasteiger partial charge in [-0.05, 0) is 17.9 Å². The van der Waals surface area contributed by atoms with Crippen LogP contribution >= 0.6 is 11.3 Å². The number of thiazole rings is 1. The number of carbonyl (C=O) groups excluding carboxylic acids is 1. The van der Waals surface area contributed by atoms with E-state index >= 15 is 0 Å². The van der Waals surface area contributed by atoms with Crippen molar-refractivity contribution in [3.63, 3.8) is 0 Å². The van der Waals surface area contributed by atoms with Gasteiger partial charge in [-0.15, -0.1) is 11.3 Å². The predicted molar refractivity (Wildman–Crippen MR) is 113 cm³/mol. The minimum absolute atomic E-state index is 0.0671. The molecule has 0 fully saturated rings. The summed E-state index contributed by atoms with van der Waals surface area (Å²) < 4.78 is 5.94. The van der Waals surface area contributed by atoms with Crippen LogP contribution in [0.3, 0.4) is 0 Å². The molecule has 0 saturated carbocycles. The second-order valence-electron chi connectivity index (χ2n) is 7.92. The van der Waals surface area contributed by atoms with Crippen molar-refractivity contribution in [2.45, 2.75) is 45.7 Å². The summed E-state index contributed by atoms with van der Waals surface area (Å²) in [5, 5.41) is 2.64. The average Bonchev–Trinajstić information content (AvgIpc) is 3.34. The van der Waals surface area contributed by atoms with Crippen molar-refractivity contribution in [3.8, 4) is 0 Å². The van der Waals surface area contributed by atoms with Crippen LogP contribution < -0.4 is 5.73 Å². The summed E-state index contributed by atoms with van der Waals surface area (Å²) in [4.78, 5) is 23.9. The van der Waals surface area contributed by atoms with Gasteiger partial charge in [-0.2, -0.15) is 0 Å². The fourth-order valence-corrected chi connectivity index (χ4v) is 4.41. The van der Waals surface area contributed by atoms with Crippen molar-refractivity contribution in [1.29, 1.82) is 0 Å². The normalized spacial score (nSPS) is 14.8. The third-order valence-corrected chi connectivity index (χ3v) is 6.02. The maximum atomic E-state index is 12.9. The SMILES string of the molecule is CC(C)C[C@H](N)c1nc(C(=O)N2CCc3oc(Cc4ccccc4)nc3C2)cs1. The van der Waals surface area contributed by atoms with Gasteiger partial charge in [-0.25, -0.2) is 9.97 Å². The number of nitrogens with two attached hydrogens (primary N) is 1. The molecule has 2 aromatic heterocycles. The van der Waals surface area contributed by atoms with E-state index in [2.05, 4.69) is 35.9 Å². The van der Waals surface area contributed by atoms with Gasteiger partial charge in [0.2, 0.25) is 0 Å². The summed E-state index contributed by atoms with van der Waals surface area (Å²) in [5.41, 5.74) is 8.70. The first-order valence-electron chi connectivity index (χ1n) is 10.0. The highest BCUT2D eigenvalue weighted by Gasteiger charge is 2.28. The quantitative estimate of drug-likeness (QED) is 0.665. The van der Waals surface area contributed by atoms with Crippen LogP contribution in [-0.4, -0.2) is 27.3 Å². The molecule has 3 aromatic rings. The Morgan fingerprint density at radius 2 is 2.07 bits per heavy atom. The van der Waals surface area contributed by atoms with Crippen LogP contribution in [0.1, 0.15) is 64.7 Å². The molecule has 1 atom stereocenters. The molecular formula is C22H26N4O2S. The lowest BCUT2D eigenvalue weighted by molar-refractivity contribution is 0.0722. The van der Waals surface area contributed by atoms with Crippen LogP contribution in [0.2, 0.25) is 0 Å². The molecule has 3 heterocycles. The van der Waals surface area contributed by atoms with Crippen LogP contribution in [0.5, 0.6) is 0 Å². The molecule has 0 spiro atoms. The van der Waals surface area contributed by atoms with Crippen LogP contribution in [0, 0.1) is 5.92 Å². The summed E-state index contributed by atoms with van der Waals surface area (Å²) in [5.74, 6) is 2.01. The van der Waals surface area contributed by atoms with Gasteiger partial charge < -0.3 is 15.1 Å². The number of amides is 1. The van der Waals surface area contributed by atoms with Crippen molar-refractivity contribution in [3.05, 3.63) is 69.3 Å². The number of oxazole rings is 1. The van der Waals surface area contributed by atoms with E-state index in [1.807, 2.05) is 23.6 Å². The molecule has 29 heavy (non-hydrogen) atoms. The number of hydrogen-bond acceptors (Lipinski definition) is 6. The number of nitrogens with zero attached hydrogens (tertiary/aromatic N) is 3. The molecule has 1 aliphatic rings. The van der Waals surface area contributed by atoms with E-state index in [0.29, 0.717) is 43.4 Å². The Bertz CT molecular complexity index is 980. The predicted octanol–water partition coefficient (Wildman–Crippen LogP) is 3.97. The lowest BCUT2D eigenvalue weighted by Gasteiger charge is -2.24. The summed E-state index contributed by atoms with van der Waals surface area (Å²) in [6.45, 7) is 5.33. The number of hydrogen-bond donors (Lipinski definition) is 1. The lowest BCUT2D eigenvalue weighted by atomic mass is 10.1. The average molecular weight is 411 g/mol. The van der Waals surface area contributed by atoms with Gasteiger partial charge in [0.15, 0.2) is 5.89 Å².